The highest BCUT2D eigenvalue weighted by Crippen LogP contribution is 2.76. The molecule has 0 aromatic heterocycles. The molecule has 6 heteroatoms. The summed E-state index contributed by atoms with van der Waals surface area (Å²) in [5, 5.41) is 10.6. The minimum Gasteiger partial charge on any atom is -0.481 e. The lowest BCUT2D eigenvalue weighted by molar-refractivity contribution is -0.203. The molecule has 5 aliphatic carbocycles. The average molecular weight is 597 g/mol. The molecule has 1 aromatic carbocycles. The number of allylic oxidation sites excluding steroid dienone is 2. The molecule has 0 amide bonds. The van der Waals surface area contributed by atoms with Crippen LogP contribution in [0.15, 0.2) is 46.9 Å². The quantitative estimate of drug-likeness (QED) is 0.278. The molecule has 4 saturated carbocycles. The maximum Gasteiger partial charge on any atom is 0.310 e. The summed E-state index contributed by atoms with van der Waals surface area (Å²) in [6.07, 6.45) is 10.5. The second-order valence-corrected chi connectivity index (χ2v) is 17.9. The van der Waals surface area contributed by atoms with E-state index in [4.69, 9.17) is 4.18 Å². The number of carbonyl (C=O) groups is 1. The van der Waals surface area contributed by atoms with Crippen LogP contribution in [0.2, 0.25) is 0 Å². The van der Waals surface area contributed by atoms with Crippen LogP contribution in [0.4, 0.5) is 0 Å². The van der Waals surface area contributed by atoms with Crippen molar-refractivity contribution in [1.29, 1.82) is 0 Å². The average Bonchev–Trinajstić information content (AvgIpc) is 2.93. The lowest BCUT2D eigenvalue weighted by atomic mass is 9.33. The molecule has 1 aromatic rings. The van der Waals surface area contributed by atoms with Crippen LogP contribution >= 0.6 is 0 Å². The van der Waals surface area contributed by atoms with E-state index in [1.807, 2.05) is 6.07 Å². The van der Waals surface area contributed by atoms with Gasteiger partial charge in [-0.25, -0.2) is 0 Å². The third-order valence-corrected chi connectivity index (χ3v) is 16.0. The van der Waals surface area contributed by atoms with Crippen LogP contribution in [0, 0.1) is 56.7 Å². The van der Waals surface area contributed by atoms with Crippen molar-refractivity contribution >= 4 is 16.1 Å². The van der Waals surface area contributed by atoms with Crippen molar-refractivity contribution < 1.29 is 22.5 Å². The molecule has 0 radical (unpaired) electrons. The monoisotopic (exact) mass is 596 g/mol. The Morgan fingerprint density at radius 3 is 2.24 bits per heavy atom. The molecule has 5 nitrogen and oxygen atoms in total. The molecule has 0 aliphatic heterocycles. The zero-order valence-corrected chi connectivity index (χ0v) is 27.6. The summed E-state index contributed by atoms with van der Waals surface area (Å²) >= 11 is 0. The fourth-order valence-electron chi connectivity index (χ4n) is 11.8. The predicted octanol–water partition coefficient (Wildman–Crippen LogP) is 8.50. The second kappa shape index (κ2) is 9.67. The van der Waals surface area contributed by atoms with Crippen LogP contribution in [0.25, 0.3) is 0 Å². The maximum atomic E-state index is 13.3. The summed E-state index contributed by atoms with van der Waals surface area (Å²) in [5.74, 6) is 1.25. The fourth-order valence-corrected chi connectivity index (χ4v) is 13.1. The molecule has 0 spiro atoms. The van der Waals surface area contributed by atoms with Crippen molar-refractivity contribution in [2.75, 3.05) is 0 Å². The molecule has 6 rings (SSSR count). The number of carboxylic acids is 1. The molecule has 1 unspecified atom stereocenters. The van der Waals surface area contributed by atoms with Crippen molar-refractivity contribution in [2.45, 2.75) is 117 Å². The normalized spacial score (nSPS) is 46.3. The molecule has 1 N–H and O–H groups in total. The number of benzene rings is 1. The topological polar surface area (TPSA) is 80.7 Å². The number of hydrogen-bond donors (Lipinski definition) is 1. The zero-order chi connectivity index (χ0) is 30.5. The highest BCUT2D eigenvalue weighted by molar-refractivity contribution is 7.86. The van der Waals surface area contributed by atoms with Gasteiger partial charge in [-0.15, -0.1) is 0 Å². The van der Waals surface area contributed by atoms with Gasteiger partial charge in [0.1, 0.15) is 0 Å². The molecule has 0 saturated heterocycles. The highest BCUT2D eigenvalue weighted by atomic mass is 32.2. The molecule has 10 atom stereocenters. The Hall–Kier alpha value is -1.66. The van der Waals surface area contributed by atoms with Crippen molar-refractivity contribution in [3.63, 3.8) is 0 Å². The van der Waals surface area contributed by atoms with E-state index >= 15 is 0 Å². The summed E-state index contributed by atoms with van der Waals surface area (Å²) < 4.78 is 32.6. The van der Waals surface area contributed by atoms with E-state index in [9.17, 15) is 18.3 Å². The van der Waals surface area contributed by atoms with Gasteiger partial charge in [0.25, 0.3) is 10.1 Å². The van der Waals surface area contributed by atoms with Gasteiger partial charge in [0.05, 0.1) is 16.4 Å². The van der Waals surface area contributed by atoms with Crippen LogP contribution < -0.4 is 0 Å². The van der Waals surface area contributed by atoms with Gasteiger partial charge < -0.3 is 5.11 Å². The number of carboxylic acid groups (broad SMARTS) is 1. The Kier molecular flexibility index (Phi) is 6.99. The lowest BCUT2D eigenvalue weighted by Gasteiger charge is -2.71. The van der Waals surface area contributed by atoms with E-state index in [2.05, 4.69) is 54.5 Å². The van der Waals surface area contributed by atoms with Gasteiger partial charge in [-0.05, 0) is 121 Å². The van der Waals surface area contributed by atoms with Crippen LogP contribution in [0.5, 0.6) is 0 Å². The molecule has 4 fully saturated rings. The Morgan fingerprint density at radius 2 is 1.57 bits per heavy atom. The molecule has 42 heavy (non-hydrogen) atoms. The Labute approximate surface area is 254 Å². The van der Waals surface area contributed by atoms with Crippen LogP contribution in [-0.2, 0) is 19.1 Å². The van der Waals surface area contributed by atoms with Crippen molar-refractivity contribution in [2.24, 2.45) is 56.7 Å². The van der Waals surface area contributed by atoms with E-state index < -0.39 is 21.5 Å². The summed E-state index contributed by atoms with van der Waals surface area (Å²) in [6, 6.07) is 8.54. The Balaban J connectivity index is 1.34. The van der Waals surface area contributed by atoms with E-state index in [0.717, 1.165) is 57.8 Å². The second-order valence-electron chi connectivity index (χ2n) is 16.3. The van der Waals surface area contributed by atoms with Crippen molar-refractivity contribution in [3.8, 4) is 0 Å². The third-order valence-electron chi connectivity index (χ3n) is 14.6. The van der Waals surface area contributed by atoms with E-state index in [1.165, 1.54) is 5.57 Å². The third kappa shape index (κ3) is 3.95. The predicted molar refractivity (Wildman–Crippen MR) is 165 cm³/mol. The molecule has 5 aliphatic rings. The highest BCUT2D eigenvalue weighted by Gasteiger charge is 2.69. The van der Waals surface area contributed by atoms with Crippen molar-refractivity contribution in [1.82, 2.24) is 0 Å². The lowest BCUT2D eigenvalue weighted by Crippen LogP contribution is -2.65. The first-order chi connectivity index (χ1) is 19.5. The van der Waals surface area contributed by atoms with E-state index in [1.54, 1.807) is 24.3 Å². The summed E-state index contributed by atoms with van der Waals surface area (Å²) in [7, 11) is -3.84. The number of hydrogen-bond acceptors (Lipinski definition) is 4. The first-order valence-electron chi connectivity index (χ1n) is 16.5. The minimum absolute atomic E-state index is 0.0209. The van der Waals surface area contributed by atoms with Gasteiger partial charge in [0.15, 0.2) is 0 Å². The summed E-state index contributed by atoms with van der Waals surface area (Å²) in [6.45, 7) is 16.6. The van der Waals surface area contributed by atoms with E-state index in [0.29, 0.717) is 23.7 Å². The summed E-state index contributed by atoms with van der Waals surface area (Å²) in [5.41, 5.74) is 0.661. The van der Waals surface area contributed by atoms with Gasteiger partial charge in [0, 0.05) is 0 Å². The zero-order valence-electron chi connectivity index (χ0n) is 26.8. The van der Waals surface area contributed by atoms with Crippen LogP contribution in [-0.4, -0.2) is 25.6 Å². The fraction of sp³-hybridized carbons (Fsp3) is 0.750. The largest absolute Gasteiger partial charge is 0.481 e. The molecule has 0 bridgehead atoms. The van der Waals surface area contributed by atoms with Gasteiger partial charge in [-0.3, -0.25) is 8.98 Å². The minimum atomic E-state index is -3.84. The maximum absolute atomic E-state index is 13.3. The van der Waals surface area contributed by atoms with Crippen LogP contribution in [0.1, 0.15) is 106 Å². The molecule has 0 heterocycles. The number of fused-ring (bicyclic) bond motifs is 7. The van der Waals surface area contributed by atoms with Gasteiger partial charge in [0.2, 0.25) is 0 Å². The SMILES string of the molecule is C[C@H]1[C@H](C)CC[C@]2(C(=O)O)CC[C@]3(C)C(=CC[C@@H]4[C@@]5(C)CCC(OS(=O)(=O)c6ccccc6)C(C)(C)[C@@H]5CC[C@]43C)[C@H]12. The molecular weight excluding hydrogens is 544 g/mol. The number of aliphatic carboxylic acids is 1. The molecular formula is C36H52O5S. The first kappa shape index (κ1) is 30.4. The smallest absolute Gasteiger partial charge is 0.310 e. The Morgan fingerprint density at radius 1 is 0.881 bits per heavy atom. The first-order valence-corrected chi connectivity index (χ1v) is 17.9. The number of rotatable bonds is 4. The van der Waals surface area contributed by atoms with Crippen molar-refractivity contribution in [3.05, 3.63) is 42.0 Å². The standard InChI is InChI=1S/C36H52O5S/c1-23-15-20-36(31(37)38)22-21-34(6)26(30(36)24(23)2)13-14-28-33(5)18-17-29(32(3,4)27(33)16-19-35(28,34)7)41-42(39,40)25-11-9-8-10-12-25/h8-13,23-24,27-30H,14-22H2,1-7H3,(H,37,38)/t23-,24+,27+,28-,29?,30+,33+,34-,35-,36+/m1/s1. The molecule has 232 valence electrons. The summed E-state index contributed by atoms with van der Waals surface area (Å²) in [4.78, 5) is 13.2. The van der Waals surface area contributed by atoms with Crippen LogP contribution in [0.3, 0.4) is 0 Å². The van der Waals surface area contributed by atoms with Gasteiger partial charge in [-0.2, -0.15) is 8.42 Å². The van der Waals surface area contributed by atoms with Gasteiger partial charge in [-0.1, -0.05) is 78.3 Å². The van der Waals surface area contributed by atoms with E-state index in [-0.39, 0.29) is 38.6 Å². The van der Waals surface area contributed by atoms with Gasteiger partial charge >= 0.3 is 5.97 Å². The Bertz CT molecular complexity index is 1380.